The third kappa shape index (κ3) is 14.0. The highest BCUT2D eigenvalue weighted by Crippen LogP contribution is 2.37. The summed E-state index contributed by atoms with van der Waals surface area (Å²) in [6.07, 6.45) is 4.10. The van der Waals surface area contributed by atoms with E-state index in [4.69, 9.17) is 18.9 Å². The van der Waals surface area contributed by atoms with Crippen LogP contribution in [0.4, 0.5) is 0 Å². The number of carbonyl (C=O) groups is 2. The molecule has 0 aliphatic carbocycles. The Hall–Kier alpha value is -4.26. The predicted octanol–water partition coefficient (Wildman–Crippen LogP) is 11.6. The summed E-state index contributed by atoms with van der Waals surface area (Å²) in [5.74, 6) is -0.338. The number of hydrogen-bond donors (Lipinski definition) is 0. The van der Waals surface area contributed by atoms with Crippen LogP contribution in [0, 0.1) is 43.4 Å². The van der Waals surface area contributed by atoms with E-state index in [9.17, 15) is 9.59 Å². The van der Waals surface area contributed by atoms with Crippen LogP contribution in [0.25, 0.3) is 11.1 Å². The number of rotatable bonds is 24. The summed E-state index contributed by atoms with van der Waals surface area (Å²) in [7, 11) is 0. The first-order valence-electron chi connectivity index (χ1n) is 21.3. The summed E-state index contributed by atoms with van der Waals surface area (Å²) in [5.41, 5.74) is 10.0. The van der Waals surface area contributed by atoms with Gasteiger partial charge in [-0.1, -0.05) is 138 Å². The van der Waals surface area contributed by atoms with Crippen molar-refractivity contribution in [3.63, 3.8) is 0 Å². The third-order valence-electron chi connectivity index (χ3n) is 11.4. The largest absolute Gasteiger partial charge is 0.465 e. The summed E-state index contributed by atoms with van der Waals surface area (Å²) in [6, 6.07) is 35.3. The molecule has 0 saturated heterocycles. The van der Waals surface area contributed by atoms with Gasteiger partial charge < -0.3 is 18.9 Å². The van der Waals surface area contributed by atoms with Crippen LogP contribution >= 0.6 is 0 Å². The van der Waals surface area contributed by atoms with Crippen molar-refractivity contribution in [2.75, 3.05) is 39.6 Å². The standard InChI is InChI=1S/C51H68O6/c1-9-15-47(39(7)34-40(8)50(52)57-33-32-55-31-30-54-10-2)48(36(3)4)51(53)56-29-14-16-41-20-23-44(24-21-41)49(46-22-19-37(5)38(6)35-46)45-27-25-43(26-28-45)42-17-12-11-13-18-42/h11-13,17-28,35-36,39-40,47-49H,9-10,14-16,29-34H2,1-8H3. The molecule has 0 fully saturated rings. The SMILES string of the molecule is CCCC(C(C)CC(C)C(=O)OCCOCCOCC)C(C(=O)OCCCc1ccc(C(c2ccc(-c3ccccc3)cc2)c2ccc(C)c(C)c2)cc1)C(C)C. The second-order valence-electron chi connectivity index (χ2n) is 16.1. The topological polar surface area (TPSA) is 71.1 Å². The Kier molecular flexibility index (Phi) is 19.0. The first-order chi connectivity index (χ1) is 27.5. The van der Waals surface area contributed by atoms with Gasteiger partial charge in [-0.05, 0) is 109 Å². The Balaban J connectivity index is 1.34. The molecule has 4 aromatic carbocycles. The Morgan fingerprint density at radius 2 is 1.21 bits per heavy atom. The third-order valence-corrected chi connectivity index (χ3v) is 11.4. The fourth-order valence-corrected chi connectivity index (χ4v) is 8.07. The first kappa shape index (κ1) is 45.4. The summed E-state index contributed by atoms with van der Waals surface area (Å²) in [5, 5.41) is 0. The molecule has 5 atom stereocenters. The molecule has 0 saturated carbocycles. The summed E-state index contributed by atoms with van der Waals surface area (Å²) >= 11 is 0. The molecule has 4 rings (SSSR count). The monoisotopic (exact) mass is 777 g/mol. The van der Waals surface area contributed by atoms with Gasteiger partial charge in [0.05, 0.1) is 38.3 Å². The lowest BCUT2D eigenvalue weighted by molar-refractivity contribution is -0.154. The van der Waals surface area contributed by atoms with Crippen LogP contribution in [0.3, 0.4) is 0 Å². The van der Waals surface area contributed by atoms with Gasteiger partial charge in [0, 0.05) is 12.5 Å². The lowest BCUT2D eigenvalue weighted by Gasteiger charge is -2.34. The molecule has 0 aromatic heterocycles. The van der Waals surface area contributed by atoms with Crippen molar-refractivity contribution in [2.45, 2.75) is 93.4 Å². The molecule has 0 amide bonds. The van der Waals surface area contributed by atoms with Crippen molar-refractivity contribution in [3.05, 3.63) is 130 Å². The zero-order valence-corrected chi connectivity index (χ0v) is 35.9. The molecule has 4 aromatic rings. The van der Waals surface area contributed by atoms with Crippen molar-refractivity contribution >= 4 is 11.9 Å². The molecule has 0 heterocycles. The minimum absolute atomic E-state index is 0.111. The summed E-state index contributed by atoms with van der Waals surface area (Å²) in [6.45, 7) is 19.4. The minimum atomic E-state index is -0.269. The quantitative estimate of drug-likeness (QED) is 0.0401. The second-order valence-corrected chi connectivity index (χ2v) is 16.1. The minimum Gasteiger partial charge on any atom is -0.465 e. The highest BCUT2D eigenvalue weighted by Gasteiger charge is 2.36. The fraction of sp³-hybridized carbons (Fsp3) is 0.490. The van der Waals surface area contributed by atoms with E-state index in [1.165, 1.54) is 44.5 Å². The van der Waals surface area contributed by atoms with Gasteiger partial charge in [-0.2, -0.15) is 0 Å². The van der Waals surface area contributed by atoms with Gasteiger partial charge in [0.25, 0.3) is 0 Å². The van der Waals surface area contributed by atoms with E-state index >= 15 is 0 Å². The molecule has 308 valence electrons. The maximum atomic E-state index is 13.7. The zero-order valence-electron chi connectivity index (χ0n) is 35.9. The molecule has 0 bridgehead atoms. The van der Waals surface area contributed by atoms with Gasteiger partial charge >= 0.3 is 11.9 Å². The Morgan fingerprint density at radius 1 is 0.614 bits per heavy atom. The summed E-state index contributed by atoms with van der Waals surface area (Å²) < 4.78 is 22.2. The van der Waals surface area contributed by atoms with E-state index < -0.39 is 0 Å². The molecule has 0 radical (unpaired) electrons. The summed E-state index contributed by atoms with van der Waals surface area (Å²) in [4.78, 5) is 26.5. The molecular weight excluding hydrogens is 709 g/mol. The molecule has 6 nitrogen and oxygen atoms in total. The van der Waals surface area contributed by atoms with Crippen LogP contribution in [0.15, 0.2) is 97.1 Å². The van der Waals surface area contributed by atoms with E-state index in [0.717, 1.165) is 25.7 Å². The van der Waals surface area contributed by atoms with Gasteiger partial charge in [0.15, 0.2) is 0 Å². The number of hydrogen-bond acceptors (Lipinski definition) is 6. The van der Waals surface area contributed by atoms with Crippen molar-refractivity contribution in [2.24, 2.45) is 29.6 Å². The predicted molar refractivity (Wildman–Crippen MR) is 232 cm³/mol. The maximum absolute atomic E-state index is 13.7. The van der Waals surface area contributed by atoms with E-state index in [2.05, 4.69) is 139 Å². The van der Waals surface area contributed by atoms with Crippen LogP contribution in [-0.2, 0) is 35.0 Å². The van der Waals surface area contributed by atoms with E-state index in [0.29, 0.717) is 39.5 Å². The van der Waals surface area contributed by atoms with Crippen LogP contribution in [0.5, 0.6) is 0 Å². The van der Waals surface area contributed by atoms with E-state index in [-0.39, 0.29) is 54.1 Å². The Morgan fingerprint density at radius 3 is 1.84 bits per heavy atom. The van der Waals surface area contributed by atoms with Gasteiger partial charge in [0.2, 0.25) is 0 Å². The fourth-order valence-electron chi connectivity index (χ4n) is 8.07. The molecule has 6 heteroatoms. The molecule has 5 unspecified atom stereocenters. The van der Waals surface area contributed by atoms with Crippen LogP contribution in [-0.4, -0.2) is 51.6 Å². The number of ether oxygens (including phenoxy) is 4. The van der Waals surface area contributed by atoms with Gasteiger partial charge in [0.1, 0.15) is 6.61 Å². The zero-order chi connectivity index (χ0) is 41.2. The lowest BCUT2D eigenvalue weighted by atomic mass is 9.72. The average molecular weight is 777 g/mol. The van der Waals surface area contributed by atoms with Crippen LogP contribution in [0.1, 0.15) is 107 Å². The van der Waals surface area contributed by atoms with Crippen molar-refractivity contribution in [1.82, 2.24) is 0 Å². The molecule has 57 heavy (non-hydrogen) atoms. The highest BCUT2D eigenvalue weighted by atomic mass is 16.6. The molecule has 0 aliphatic heterocycles. The Labute approximate surface area is 343 Å². The average Bonchev–Trinajstić information content (AvgIpc) is 3.21. The van der Waals surface area contributed by atoms with Crippen LogP contribution < -0.4 is 0 Å². The number of esters is 2. The second kappa shape index (κ2) is 23.8. The number of aryl methyl sites for hydroxylation is 3. The van der Waals surface area contributed by atoms with Gasteiger partial charge in [-0.15, -0.1) is 0 Å². The van der Waals surface area contributed by atoms with Crippen molar-refractivity contribution in [1.29, 1.82) is 0 Å². The normalized spacial score (nSPS) is 14.1. The number of carbonyl (C=O) groups excluding carboxylic acids is 2. The first-order valence-corrected chi connectivity index (χ1v) is 21.3. The highest BCUT2D eigenvalue weighted by molar-refractivity contribution is 5.73. The smallest absolute Gasteiger partial charge is 0.309 e. The molecule has 0 N–H and O–H groups in total. The lowest BCUT2D eigenvalue weighted by Crippen LogP contribution is -2.35. The van der Waals surface area contributed by atoms with Crippen LogP contribution in [0.2, 0.25) is 0 Å². The maximum Gasteiger partial charge on any atom is 0.309 e. The Bertz CT molecular complexity index is 1760. The van der Waals surface area contributed by atoms with E-state index in [1.807, 2.05) is 13.8 Å². The van der Waals surface area contributed by atoms with Crippen molar-refractivity contribution < 1.29 is 28.5 Å². The van der Waals surface area contributed by atoms with Gasteiger partial charge in [-0.25, -0.2) is 0 Å². The molecule has 0 spiro atoms. The number of benzene rings is 4. The molecular formula is C51H68O6. The van der Waals surface area contributed by atoms with Gasteiger partial charge in [-0.3, -0.25) is 9.59 Å². The molecule has 0 aliphatic rings. The van der Waals surface area contributed by atoms with E-state index in [1.54, 1.807) is 0 Å². The van der Waals surface area contributed by atoms with Crippen molar-refractivity contribution in [3.8, 4) is 11.1 Å².